The van der Waals surface area contributed by atoms with Crippen molar-refractivity contribution < 1.29 is 19.1 Å². The van der Waals surface area contributed by atoms with Crippen molar-refractivity contribution in [2.45, 2.75) is 51.0 Å². The third-order valence-corrected chi connectivity index (χ3v) is 4.74. The molecular weight excluding hydrogens is 356 g/mol. The van der Waals surface area contributed by atoms with Crippen LogP contribution in [0.25, 0.3) is 0 Å². The first kappa shape index (κ1) is 19.7. The molecule has 0 heterocycles. The maximum absolute atomic E-state index is 12.0. The molecule has 2 aromatic rings. The number of carbonyl (C=O) groups is 2. The molecule has 0 radical (unpaired) electrons. The summed E-state index contributed by atoms with van der Waals surface area (Å²) in [4.78, 5) is 24.1. The van der Waals surface area contributed by atoms with E-state index in [0.717, 1.165) is 30.4 Å². The second kappa shape index (κ2) is 10.3. The number of nitrogens with one attached hydrogen (secondary N) is 2. The van der Waals surface area contributed by atoms with Crippen LogP contribution in [0.1, 0.15) is 36.8 Å². The Morgan fingerprint density at radius 2 is 1.18 bits per heavy atom. The van der Waals surface area contributed by atoms with Crippen LogP contribution in [0.3, 0.4) is 0 Å². The molecule has 3 rings (SSSR count). The maximum Gasteiger partial charge on any atom is 0.407 e. The Labute approximate surface area is 165 Å². The van der Waals surface area contributed by atoms with Gasteiger partial charge in [-0.25, -0.2) is 9.59 Å². The SMILES string of the molecule is O=C(N[C@H]1CCC[C@H](NC(=O)OCc2ccccc2)C1)OCc1ccccc1. The van der Waals surface area contributed by atoms with Gasteiger partial charge in [-0.2, -0.15) is 0 Å². The topological polar surface area (TPSA) is 76.7 Å². The van der Waals surface area contributed by atoms with Gasteiger partial charge in [-0.3, -0.25) is 0 Å². The maximum atomic E-state index is 12.0. The fourth-order valence-electron chi connectivity index (χ4n) is 3.31. The van der Waals surface area contributed by atoms with Crippen LogP contribution < -0.4 is 10.6 Å². The number of hydrogen-bond donors (Lipinski definition) is 2. The molecule has 1 aliphatic carbocycles. The highest BCUT2D eigenvalue weighted by Crippen LogP contribution is 2.19. The molecule has 1 fully saturated rings. The fourth-order valence-corrected chi connectivity index (χ4v) is 3.31. The normalized spacial score (nSPS) is 18.7. The summed E-state index contributed by atoms with van der Waals surface area (Å²) in [6.45, 7) is 0.486. The van der Waals surface area contributed by atoms with Gasteiger partial charge in [0.05, 0.1) is 0 Å². The summed E-state index contributed by atoms with van der Waals surface area (Å²) >= 11 is 0. The minimum Gasteiger partial charge on any atom is -0.445 e. The van der Waals surface area contributed by atoms with Crippen LogP contribution in [0.15, 0.2) is 60.7 Å². The highest BCUT2D eigenvalue weighted by Gasteiger charge is 2.25. The van der Waals surface area contributed by atoms with Crippen LogP contribution in [0.4, 0.5) is 9.59 Å². The zero-order valence-electron chi connectivity index (χ0n) is 15.8. The van der Waals surface area contributed by atoms with E-state index in [-0.39, 0.29) is 25.3 Å². The number of ether oxygens (including phenoxy) is 2. The van der Waals surface area contributed by atoms with Gasteiger partial charge < -0.3 is 20.1 Å². The standard InChI is InChI=1S/C22H26N2O4/c25-21(27-15-17-8-3-1-4-9-17)23-19-12-7-13-20(14-19)24-22(26)28-16-18-10-5-2-6-11-18/h1-6,8-11,19-20H,7,12-16H2,(H,23,25)(H,24,26)/t19-,20-/m0/s1. The summed E-state index contributed by atoms with van der Waals surface area (Å²) in [6.07, 6.45) is 2.48. The number of carbonyl (C=O) groups excluding carboxylic acids is 2. The monoisotopic (exact) mass is 382 g/mol. The number of amides is 2. The molecule has 6 nitrogen and oxygen atoms in total. The van der Waals surface area contributed by atoms with Gasteiger partial charge in [0.25, 0.3) is 0 Å². The molecule has 148 valence electrons. The van der Waals surface area contributed by atoms with E-state index in [2.05, 4.69) is 10.6 Å². The molecule has 0 aromatic heterocycles. The molecule has 1 aliphatic rings. The molecule has 0 unspecified atom stereocenters. The molecule has 2 N–H and O–H groups in total. The summed E-state index contributed by atoms with van der Waals surface area (Å²) < 4.78 is 10.5. The van der Waals surface area contributed by atoms with E-state index in [9.17, 15) is 9.59 Å². The molecule has 2 atom stereocenters. The lowest BCUT2D eigenvalue weighted by Crippen LogP contribution is -2.46. The smallest absolute Gasteiger partial charge is 0.407 e. The van der Waals surface area contributed by atoms with Gasteiger partial charge >= 0.3 is 12.2 Å². The highest BCUT2D eigenvalue weighted by molar-refractivity contribution is 5.68. The molecule has 0 aliphatic heterocycles. The zero-order chi connectivity index (χ0) is 19.6. The van der Waals surface area contributed by atoms with Crippen molar-refractivity contribution in [2.75, 3.05) is 0 Å². The van der Waals surface area contributed by atoms with Crippen molar-refractivity contribution in [1.29, 1.82) is 0 Å². The van der Waals surface area contributed by atoms with E-state index in [0.29, 0.717) is 6.42 Å². The van der Waals surface area contributed by atoms with Gasteiger partial charge in [0.15, 0.2) is 0 Å². The van der Waals surface area contributed by atoms with Crippen LogP contribution in [0, 0.1) is 0 Å². The van der Waals surface area contributed by atoms with Crippen molar-refractivity contribution >= 4 is 12.2 Å². The van der Waals surface area contributed by atoms with Gasteiger partial charge in [0.1, 0.15) is 13.2 Å². The van der Waals surface area contributed by atoms with Crippen LogP contribution in [-0.2, 0) is 22.7 Å². The molecule has 2 aromatic carbocycles. The molecule has 0 bridgehead atoms. The predicted molar refractivity (Wildman–Crippen MR) is 106 cm³/mol. The zero-order valence-corrected chi connectivity index (χ0v) is 15.8. The molecular formula is C22H26N2O4. The van der Waals surface area contributed by atoms with Crippen LogP contribution >= 0.6 is 0 Å². The van der Waals surface area contributed by atoms with Gasteiger partial charge in [0.2, 0.25) is 0 Å². The number of benzene rings is 2. The summed E-state index contributed by atoms with van der Waals surface area (Å²) in [6, 6.07) is 19.1. The Morgan fingerprint density at radius 3 is 1.61 bits per heavy atom. The predicted octanol–water partition coefficient (Wildman–Crippen LogP) is 4.15. The summed E-state index contributed by atoms with van der Waals surface area (Å²) in [5.74, 6) is 0. The van der Waals surface area contributed by atoms with Crippen molar-refractivity contribution in [3.05, 3.63) is 71.8 Å². The first-order valence-corrected chi connectivity index (χ1v) is 9.63. The van der Waals surface area contributed by atoms with Crippen molar-refractivity contribution in [2.24, 2.45) is 0 Å². The lowest BCUT2D eigenvalue weighted by molar-refractivity contribution is 0.125. The Kier molecular flexibility index (Phi) is 7.29. The third-order valence-electron chi connectivity index (χ3n) is 4.74. The molecule has 0 saturated heterocycles. The lowest BCUT2D eigenvalue weighted by atomic mass is 9.91. The molecule has 6 heteroatoms. The second-order valence-corrected chi connectivity index (χ2v) is 6.97. The number of rotatable bonds is 6. The van der Waals surface area contributed by atoms with Crippen LogP contribution in [-0.4, -0.2) is 24.3 Å². The first-order chi connectivity index (χ1) is 13.7. The molecule has 1 saturated carbocycles. The van der Waals surface area contributed by atoms with Gasteiger partial charge in [-0.05, 0) is 36.8 Å². The Hall–Kier alpha value is -3.02. The molecule has 2 amide bonds. The minimum absolute atomic E-state index is 0.0172. The van der Waals surface area contributed by atoms with E-state index in [1.165, 1.54) is 0 Å². The molecule has 28 heavy (non-hydrogen) atoms. The van der Waals surface area contributed by atoms with Crippen molar-refractivity contribution in [1.82, 2.24) is 10.6 Å². The Morgan fingerprint density at radius 1 is 0.750 bits per heavy atom. The average molecular weight is 382 g/mol. The van der Waals surface area contributed by atoms with Crippen LogP contribution in [0.2, 0.25) is 0 Å². The van der Waals surface area contributed by atoms with Gasteiger partial charge in [0, 0.05) is 12.1 Å². The van der Waals surface area contributed by atoms with Gasteiger partial charge in [-0.15, -0.1) is 0 Å². The molecule has 0 spiro atoms. The third kappa shape index (κ3) is 6.61. The fraction of sp³-hybridized carbons (Fsp3) is 0.364. The number of hydrogen-bond acceptors (Lipinski definition) is 4. The highest BCUT2D eigenvalue weighted by atomic mass is 16.6. The Bertz CT molecular complexity index is 688. The average Bonchev–Trinajstić information content (AvgIpc) is 2.72. The van der Waals surface area contributed by atoms with E-state index in [1.54, 1.807) is 0 Å². The van der Waals surface area contributed by atoms with Gasteiger partial charge in [-0.1, -0.05) is 60.7 Å². The van der Waals surface area contributed by atoms with Crippen LogP contribution in [0.5, 0.6) is 0 Å². The largest absolute Gasteiger partial charge is 0.445 e. The first-order valence-electron chi connectivity index (χ1n) is 9.63. The van der Waals surface area contributed by atoms with E-state index >= 15 is 0 Å². The van der Waals surface area contributed by atoms with E-state index < -0.39 is 12.2 Å². The quantitative estimate of drug-likeness (QED) is 0.787. The lowest BCUT2D eigenvalue weighted by Gasteiger charge is -2.29. The van der Waals surface area contributed by atoms with E-state index in [1.807, 2.05) is 60.7 Å². The van der Waals surface area contributed by atoms with Crippen molar-refractivity contribution in [3.8, 4) is 0 Å². The summed E-state index contributed by atoms with van der Waals surface area (Å²) in [5.41, 5.74) is 1.89. The summed E-state index contributed by atoms with van der Waals surface area (Å²) in [5, 5.41) is 5.79. The number of alkyl carbamates (subject to hydrolysis) is 2. The summed E-state index contributed by atoms with van der Waals surface area (Å²) in [7, 11) is 0. The van der Waals surface area contributed by atoms with Crippen molar-refractivity contribution in [3.63, 3.8) is 0 Å². The second-order valence-electron chi connectivity index (χ2n) is 6.97. The van der Waals surface area contributed by atoms with E-state index in [4.69, 9.17) is 9.47 Å². The minimum atomic E-state index is -0.429. The Balaban J connectivity index is 1.37.